The summed E-state index contributed by atoms with van der Waals surface area (Å²) in [5.74, 6) is 0.192. The molecule has 0 heterocycles. The van der Waals surface area contributed by atoms with Gasteiger partial charge in [0.2, 0.25) is 0 Å². The standard InChI is InChI=1S/C15H23NO3S/c1-4-6-15(17)13-7-9-14(10-8-13)20(18,19)12-5-11-16(2)3/h7-10H,4-6,11-12H2,1-3H3. The van der Waals surface area contributed by atoms with E-state index in [1.807, 2.05) is 25.9 Å². The minimum Gasteiger partial charge on any atom is -0.309 e. The number of carbonyl (C=O) groups is 1. The first-order chi connectivity index (χ1) is 9.36. The molecule has 0 N–H and O–H groups in total. The Balaban J connectivity index is 2.74. The molecule has 0 atom stereocenters. The van der Waals surface area contributed by atoms with Crippen molar-refractivity contribution >= 4 is 15.6 Å². The molecular formula is C15H23NO3S. The van der Waals surface area contributed by atoms with Crippen molar-refractivity contribution in [3.05, 3.63) is 29.8 Å². The lowest BCUT2D eigenvalue weighted by molar-refractivity contribution is 0.0981. The fourth-order valence-corrected chi connectivity index (χ4v) is 3.20. The normalized spacial score (nSPS) is 11.8. The van der Waals surface area contributed by atoms with Gasteiger partial charge in [0.1, 0.15) is 0 Å². The van der Waals surface area contributed by atoms with Gasteiger partial charge in [0.25, 0.3) is 0 Å². The molecule has 0 spiro atoms. The van der Waals surface area contributed by atoms with Crippen LogP contribution in [0.25, 0.3) is 0 Å². The maximum atomic E-state index is 12.1. The number of hydrogen-bond acceptors (Lipinski definition) is 4. The van der Waals surface area contributed by atoms with E-state index in [2.05, 4.69) is 0 Å². The van der Waals surface area contributed by atoms with Crippen LogP contribution in [0.1, 0.15) is 36.5 Å². The fourth-order valence-electron chi connectivity index (χ4n) is 1.91. The first-order valence-electron chi connectivity index (χ1n) is 6.87. The minimum absolute atomic E-state index is 0.0593. The number of benzene rings is 1. The van der Waals surface area contributed by atoms with Gasteiger partial charge in [-0.1, -0.05) is 19.1 Å². The van der Waals surface area contributed by atoms with Gasteiger partial charge in [0.05, 0.1) is 10.6 Å². The zero-order valence-electron chi connectivity index (χ0n) is 12.4. The minimum atomic E-state index is -3.25. The van der Waals surface area contributed by atoms with Gasteiger partial charge < -0.3 is 4.90 Å². The second-order valence-corrected chi connectivity index (χ2v) is 7.28. The van der Waals surface area contributed by atoms with Crippen LogP contribution in [0.3, 0.4) is 0 Å². The van der Waals surface area contributed by atoms with Crippen molar-refractivity contribution in [2.24, 2.45) is 0 Å². The Morgan fingerprint density at radius 1 is 1.15 bits per heavy atom. The molecule has 0 amide bonds. The van der Waals surface area contributed by atoms with E-state index in [0.717, 1.165) is 13.0 Å². The average molecular weight is 297 g/mol. The quantitative estimate of drug-likeness (QED) is 0.691. The number of carbonyl (C=O) groups excluding carboxylic acids is 1. The molecule has 4 nitrogen and oxygen atoms in total. The van der Waals surface area contributed by atoms with Gasteiger partial charge in [-0.3, -0.25) is 4.79 Å². The number of sulfone groups is 1. The van der Waals surface area contributed by atoms with Crippen molar-refractivity contribution in [2.45, 2.75) is 31.1 Å². The van der Waals surface area contributed by atoms with E-state index in [-0.39, 0.29) is 11.5 Å². The van der Waals surface area contributed by atoms with E-state index >= 15 is 0 Å². The second kappa shape index (κ2) is 7.55. The first-order valence-corrected chi connectivity index (χ1v) is 8.53. The van der Waals surface area contributed by atoms with Crippen LogP contribution < -0.4 is 0 Å². The number of rotatable bonds is 8. The van der Waals surface area contributed by atoms with Gasteiger partial charge in [0.15, 0.2) is 15.6 Å². The van der Waals surface area contributed by atoms with Gasteiger partial charge >= 0.3 is 0 Å². The molecule has 5 heteroatoms. The van der Waals surface area contributed by atoms with Crippen LogP contribution >= 0.6 is 0 Å². The molecule has 0 bridgehead atoms. The third-order valence-electron chi connectivity index (χ3n) is 3.03. The molecule has 1 rings (SSSR count). The summed E-state index contributed by atoms with van der Waals surface area (Å²) in [5, 5.41) is 0. The van der Waals surface area contributed by atoms with Gasteiger partial charge in [-0.25, -0.2) is 8.42 Å². The summed E-state index contributed by atoms with van der Waals surface area (Å²) in [6, 6.07) is 6.29. The Bertz CT molecular complexity index is 533. The van der Waals surface area contributed by atoms with E-state index in [4.69, 9.17) is 0 Å². The smallest absolute Gasteiger partial charge is 0.178 e. The second-order valence-electron chi connectivity index (χ2n) is 5.17. The van der Waals surface area contributed by atoms with Crippen LogP contribution in [-0.2, 0) is 9.84 Å². The predicted molar refractivity (Wildman–Crippen MR) is 80.9 cm³/mol. The van der Waals surface area contributed by atoms with Crippen LogP contribution in [0.2, 0.25) is 0 Å². The highest BCUT2D eigenvalue weighted by Gasteiger charge is 2.15. The summed E-state index contributed by atoms with van der Waals surface area (Å²) in [6.45, 7) is 2.69. The molecule has 0 aliphatic carbocycles. The number of nitrogens with zero attached hydrogens (tertiary/aromatic N) is 1. The fraction of sp³-hybridized carbons (Fsp3) is 0.533. The Morgan fingerprint density at radius 2 is 1.75 bits per heavy atom. The van der Waals surface area contributed by atoms with Gasteiger partial charge in [-0.15, -0.1) is 0 Å². The van der Waals surface area contributed by atoms with Crippen molar-refractivity contribution in [1.82, 2.24) is 4.90 Å². The largest absolute Gasteiger partial charge is 0.309 e. The van der Waals surface area contributed by atoms with Gasteiger partial charge in [-0.05, 0) is 45.6 Å². The van der Waals surface area contributed by atoms with Crippen LogP contribution in [0.15, 0.2) is 29.2 Å². The van der Waals surface area contributed by atoms with E-state index in [9.17, 15) is 13.2 Å². The SMILES string of the molecule is CCCC(=O)c1ccc(S(=O)(=O)CCCN(C)C)cc1. The summed E-state index contributed by atoms with van der Waals surface area (Å²) >= 11 is 0. The Labute approximate surface area is 121 Å². The highest BCUT2D eigenvalue weighted by atomic mass is 32.2. The summed E-state index contributed by atoms with van der Waals surface area (Å²) < 4.78 is 24.2. The molecule has 1 aromatic rings. The van der Waals surface area contributed by atoms with Gasteiger partial charge in [-0.2, -0.15) is 0 Å². The molecule has 0 saturated carbocycles. The van der Waals surface area contributed by atoms with E-state index in [1.54, 1.807) is 12.1 Å². The first kappa shape index (κ1) is 16.9. The lowest BCUT2D eigenvalue weighted by atomic mass is 10.1. The third kappa shape index (κ3) is 5.06. The van der Waals surface area contributed by atoms with E-state index < -0.39 is 9.84 Å². The van der Waals surface area contributed by atoms with Crippen molar-refractivity contribution in [3.8, 4) is 0 Å². The molecule has 0 saturated heterocycles. The Hall–Kier alpha value is -1.20. The van der Waals surface area contributed by atoms with Crippen molar-refractivity contribution in [3.63, 3.8) is 0 Å². The lowest BCUT2D eigenvalue weighted by Crippen LogP contribution is -2.17. The molecular weight excluding hydrogens is 274 g/mol. The van der Waals surface area contributed by atoms with Crippen molar-refractivity contribution in [2.75, 3.05) is 26.4 Å². The molecule has 1 aromatic carbocycles. The summed E-state index contributed by atoms with van der Waals surface area (Å²) in [5.41, 5.74) is 0.582. The maximum absolute atomic E-state index is 12.1. The molecule has 0 unspecified atom stereocenters. The van der Waals surface area contributed by atoms with Gasteiger partial charge in [0, 0.05) is 12.0 Å². The van der Waals surface area contributed by atoms with Crippen LogP contribution in [-0.4, -0.2) is 45.5 Å². The monoisotopic (exact) mass is 297 g/mol. The zero-order chi connectivity index (χ0) is 15.2. The van der Waals surface area contributed by atoms with Crippen LogP contribution in [0.5, 0.6) is 0 Å². The number of hydrogen-bond donors (Lipinski definition) is 0. The third-order valence-corrected chi connectivity index (χ3v) is 4.85. The maximum Gasteiger partial charge on any atom is 0.178 e. The predicted octanol–water partition coefficient (Wildman–Crippen LogP) is 2.39. The van der Waals surface area contributed by atoms with E-state index in [1.165, 1.54) is 12.1 Å². The molecule has 20 heavy (non-hydrogen) atoms. The Morgan fingerprint density at radius 3 is 2.25 bits per heavy atom. The average Bonchev–Trinajstić information content (AvgIpc) is 2.38. The lowest BCUT2D eigenvalue weighted by Gasteiger charge is -2.09. The highest BCUT2D eigenvalue weighted by Crippen LogP contribution is 2.15. The molecule has 0 radical (unpaired) electrons. The summed E-state index contributed by atoms with van der Waals surface area (Å²) in [4.78, 5) is 14.0. The highest BCUT2D eigenvalue weighted by molar-refractivity contribution is 7.91. The summed E-state index contributed by atoms with van der Waals surface area (Å²) in [6.07, 6.45) is 1.89. The number of ketones is 1. The Kier molecular flexibility index (Phi) is 6.36. The zero-order valence-corrected chi connectivity index (χ0v) is 13.2. The van der Waals surface area contributed by atoms with Crippen LogP contribution in [0, 0.1) is 0 Å². The molecule has 0 aromatic heterocycles. The summed E-state index contributed by atoms with van der Waals surface area (Å²) in [7, 11) is 0.586. The molecule has 112 valence electrons. The van der Waals surface area contributed by atoms with E-state index in [0.29, 0.717) is 23.3 Å². The number of Topliss-reactive ketones (excluding diaryl/α,β-unsaturated/α-hetero) is 1. The molecule has 0 fully saturated rings. The van der Waals surface area contributed by atoms with Crippen molar-refractivity contribution < 1.29 is 13.2 Å². The molecule has 0 aliphatic rings. The van der Waals surface area contributed by atoms with Crippen LogP contribution in [0.4, 0.5) is 0 Å². The molecule has 0 aliphatic heterocycles. The van der Waals surface area contributed by atoms with Crippen molar-refractivity contribution in [1.29, 1.82) is 0 Å². The topological polar surface area (TPSA) is 54.5 Å².